The van der Waals surface area contributed by atoms with Crippen LogP contribution in [-0.2, 0) is 12.5 Å². The fraction of sp³-hybridized carbons (Fsp3) is 0.333. The SMILES string of the molecule is Cn1nc(C(=O)O)cc1-c1cc(Br)cc(C(C)(C)C)c1O. The van der Waals surface area contributed by atoms with Crippen LogP contribution in [0.25, 0.3) is 11.3 Å². The third kappa shape index (κ3) is 2.95. The van der Waals surface area contributed by atoms with E-state index in [1.807, 2.05) is 26.8 Å². The van der Waals surface area contributed by atoms with Gasteiger partial charge < -0.3 is 10.2 Å². The molecule has 6 heteroatoms. The van der Waals surface area contributed by atoms with Gasteiger partial charge in [0.1, 0.15) is 5.75 Å². The molecule has 0 radical (unpaired) electrons. The number of hydrogen-bond acceptors (Lipinski definition) is 3. The number of phenolic OH excluding ortho intramolecular Hbond substituents is 1. The van der Waals surface area contributed by atoms with Crippen molar-refractivity contribution in [2.45, 2.75) is 26.2 Å². The maximum Gasteiger partial charge on any atom is 0.356 e. The molecule has 1 aromatic heterocycles. The van der Waals surface area contributed by atoms with E-state index in [0.717, 1.165) is 10.0 Å². The Morgan fingerprint density at radius 2 is 1.90 bits per heavy atom. The normalized spacial score (nSPS) is 11.7. The molecule has 21 heavy (non-hydrogen) atoms. The lowest BCUT2D eigenvalue weighted by Gasteiger charge is -2.22. The zero-order chi connectivity index (χ0) is 15.9. The van der Waals surface area contributed by atoms with E-state index in [0.29, 0.717) is 11.3 Å². The van der Waals surface area contributed by atoms with Crippen molar-refractivity contribution in [3.63, 3.8) is 0 Å². The van der Waals surface area contributed by atoms with Gasteiger partial charge in [0.2, 0.25) is 0 Å². The fourth-order valence-electron chi connectivity index (χ4n) is 2.19. The number of nitrogens with zero attached hydrogens (tertiary/aromatic N) is 2. The summed E-state index contributed by atoms with van der Waals surface area (Å²) in [7, 11) is 1.65. The number of aromatic carboxylic acids is 1. The first-order chi connectivity index (χ1) is 9.61. The Kier molecular flexibility index (Phi) is 3.84. The molecule has 0 spiro atoms. The Morgan fingerprint density at radius 1 is 1.29 bits per heavy atom. The van der Waals surface area contributed by atoms with Crippen LogP contribution in [0.15, 0.2) is 22.7 Å². The quantitative estimate of drug-likeness (QED) is 0.866. The predicted molar refractivity (Wildman–Crippen MR) is 83.7 cm³/mol. The summed E-state index contributed by atoms with van der Waals surface area (Å²) in [5.74, 6) is -0.951. The average molecular weight is 353 g/mol. The van der Waals surface area contributed by atoms with E-state index in [4.69, 9.17) is 5.11 Å². The second-order valence-corrected chi connectivity index (χ2v) is 6.86. The van der Waals surface area contributed by atoms with E-state index in [9.17, 15) is 9.90 Å². The van der Waals surface area contributed by atoms with Crippen molar-refractivity contribution in [2.75, 3.05) is 0 Å². The van der Waals surface area contributed by atoms with Crippen molar-refractivity contribution in [3.05, 3.63) is 33.9 Å². The smallest absolute Gasteiger partial charge is 0.356 e. The number of carbonyl (C=O) groups is 1. The summed E-state index contributed by atoms with van der Waals surface area (Å²) in [6, 6.07) is 5.08. The molecule has 112 valence electrons. The van der Waals surface area contributed by atoms with E-state index in [1.54, 1.807) is 13.1 Å². The van der Waals surface area contributed by atoms with Gasteiger partial charge in [-0.15, -0.1) is 0 Å². The molecular formula is C15H17BrN2O3. The topological polar surface area (TPSA) is 75.4 Å². The van der Waals surface area contributed by atoms with Gasteiger partial charge >= 0.3 is 5.97 Å². The summed E-state index contributed by atoms with van der Waals surface area (Å²) in [5, 5.41) is 23.5. The van der Waals surface area contributed by atoms with Gasteiger partial charge in [-0.1, -0.05) is 36.7 Å². The van der Waals surface area contributed by atoms with E-state index in [-0.39, 0.29) is 16.9 Å². The van der Waals surface area contributed by atoms with Gasteiger partial charge in [0.15, 0.2) is 5.69 Å². The number of aryl methyl sites for hydroxylation is 1. The van der Waals surface area contributed by atoms with E-state index < -0.39 is 5.97 Å². The molecule has 1 aromatic carbocycles. The van der Waals surface area contributed by atoms with Crippen molar-refractivity contribution >= 4 is 21.9 Å². The molecule has 0 saturated heterocycles. The molecule has 0 aliphatic rings. The van der Waals surface area contributed by atoms with Crippen LogP contribution in [0.2, 0.25) is 0 Å². The van der Waals surface area contributed by atoms with Crippen molar-refractivity contribution in [1.82, 2.24) is 9.78 Å². The minimum absolute atomic E-state index is 0.0517. The van der Waals surface area contributed by atoms with Crippen molar-refractivity contribution in [3.8, 4) is 17.0 Å². The summed E-state index contributed by atoms with van der Waals surface area (Å²) < 4.78 is 2.27. The zero-order valence-electron chi connectivity index (χ0n) is 12.3. The summed E-state index contributed by atoms with van der Waals surface area (Å²) in [6.07, 6.45) is 0. The number of halogens is 1. The highest BCUT2D eigenvalue weighted by molar-refractivity contribution is 9.10. The molecule has 0 unspecified atom stereocenters. The molecule has 5 nitrogen and oxygen atoms in total. The average Bonchev–Trinajstić information content (AvgIpc) is 2.72. The molecule has 2 rings (SSSR count). The molecule has 0 aliphatic carbocycles. The molecule has 1 heterocycles. The Bertz CT molecular complexity index is 714. The first-order valence-electron chi connectivity index (χ1n) is 6.42. The molecule has 2 aromatic rings. The number of phenols is 1. The Morgan fingerprint density at radius 3 is 2.38 bits per heavy atom. The molecule has 0 saturated carbocycles. The third-order valence-electron chi connectivity index (χ3n) is 3.26. The standard InChI is InChI=1S/C15H17BrN2O3/c1-15(2,3)10-6-8(16)5-9(13(10)19)12-7-11(14(20)21)17-18(12)4/h5-7,19H,1-4H3,(H,20,21). The minimum atomic E-state index is -1.10. The summed E-state index contributed by atoms with van der Waals surface area (Å²) >= 11 is 3.44. The number of aromatic nitrogens is 2. The highest BCUT2D eigenvalue weighted by Gasteiger charge is 2.23. The predicted octanol–water partition coefficient (Wildman–Crippen LogP) is 3.55. The van der Waals surface area contributed by atoms with E-state index >= 15 is 0 Å². The highest BCUT2D eigenvalue weighted by Crippen LogP contribution is 2.40. The van der Waals surface area contributed by atoms with Crippen molar-refractivity contribution in [1.29, 1.82) is 0 Å². The Balaban J connectivity index is 2.70. The largest absolute Gasteiger partial charge is 0.507 e. The summed E-state index contributed by atoms with van der Waals surface area (Å²) in [5.41, 5.74) is 1.60. The van der Waals surface area contributed by atoms with Crippen LogP contribution < -0.4 is 0 Å². The first kappa shape index (κ1) is 15.6. The number of rotatable bonds is 2. The Labute approximate surface area is 131 Å². The van der Waals surface area contributed by atoms with Gasteiger partial charge in [-0.05, 0) is 23.6 Å². The van der Waals surface area contributed by atoms with Gasteiger partial charge in [-0.2, -0.15) is 5.10 Å². The number of benzene rings is 1. The van der Waals surface area contributed by atoms with Gasteiger partial charge in [0, 0.05) is 22.6 Å². The fourth-order valence-corrected chi connectivity index (χ4v) is 2.65. The number of carboxylic acid groups (broad SMARTS) is 1. The number of aromatic hydroxyl groups is 1. The molecule has 0 aliphatic heterocycles. The third-order valence-corrected chi connectivity index (χ3v) is 3.72. The summed E-state index contributed by atoms with van der Waals surface area (Å²) in [4.78, 5) is 11.0. The molecule has 0 fully saturated rings. The van der Waals surface area contributed by atoms with Gasteiger partial charge in [-0.25, -0.2) is 4.79 Å². The molecule has 0 bridgehead atoms. The lowest BCUT2D eigenvalue weighted by atomic mass is 9.85. The maximum absolute atomic E-state index is 11.0. The monoisotopic (exact) mass is 352 g/mol. The van der Waals surface area contributed by atoms with Crippen molar-refractivity contribution in [2.24, 2.45) is 7.05 Å². The van der Waals surface area contributed by atoms with Gasteiger partial charge in [-0.3, -0.25) is 4.68 Å². The van der Waals surface area contributed by atoms with Crippen LogP contribution in [0.1, 0.15) is 36.8 Å². The maximum atomic E-state index is 11.0. The van der Waals surface area contributed by atoms with Crippen LogP contribution in [0.5, 0.6) is 5.75 Å². The lowest BCUT2D eigenvalue weighted by molar-refractivity contribution is 0.0689. The van der Waals surface area contributed by atoms with Crippen LogP contribution in [-0.4, -0.2) is 26.0 Å². The molecule has 2 N–H and O–H groups in total. The number of carboxylic acids is 1. The minimum Gasteiger partial charge on any atom is -0.507 e. The van der Waals surface area contributed by atoms with E-state index in [1.165, 1.54) is 10.7 Å². The van der Waals surface area contributed by atoms with Crippen LogP contribution >= 0.6 is 15.9 Å². The van der Waals surface area contributed by atoms with Gasteiger partial charge in [0.25, 0.3) is 0 Å². The second kappa shape index (κ2) is 5.18. The highest BCUT2D eigenvalue weighted by atomic mass is 79.9. The summed E-state index contributed by atoms with van der Waals surface area (Å²) in [6.45, 7) is 6.01. The molecule has 0 atom stereocenters. The van der Waals surface area contributed by atoms with Crippen LogP contribution in [0.3, 0.4) is 0 Å². The first-order valence-corrected chi connectivity index (χ1v) is 7.21. The lowest BCUT2D eigenvalue weighted by Crippen LogP contribution is -2.12. The van der Waals surface area contributed by atoms with Crippen LogP contribution in [0.4, 0.5) is 0 Å². The Hall–Kier alpha value is -1.82. The zero-order valence-corrected chi connectivity index (χ0v) is 13.9. The van der Waals surface area contributed by atoms with E-state index in [2.05, 4.69) is 21.0 Å². The van der Waals surface area contributed by atoms with Gasteiger partial charge in [0.05, 0.1) is 5.69 Å². The van der Waals surface area contributed by atoms with Crippen molar-refractivity contribution < 1.29 is 15.0 Å². The molecule has 0 amide bonds. The molecular weight excluding hydrogens is 336 g/mol. The van der Waals surface area contributed by atoms with Crippen LogP contribution in [0, 0.1) is 0 Å². The second-order valence-electron chi connectivity index (χ2n) is 5.94. The number of hydrogen-bond donors (Lipinski definition) is 2.